The Balaban J connectivity index is 1.73. The number of nitrogens with zero attached hydrogens (tertiary/aromatic N) is 1. The molecule has 0 bridgehead atoms. The summed E-state index contributed by atoms with van der Waals surface area (Å²) in [5, 5.41) is 2.90. The van der Waals surface area contributed by atoms with Crippen molar-refractivity contribution in [2.45, 2.75) is 19.9 Å². The van der Waals surface area contributed by atoms with Crippen molar-refractivity contribution in [3.63, 3.8) is 0 Å². The maximum Gasteiger partial charge on any atom is 0.251 e. The second kappa shape index (κ2) is 6.74. The number of rotatable bonds is 5. The molecule has 0 spiro atoms. The fourth-order valence-corrected chi connectivity index (χ4v) is 3.00. The van der Waals surface area contributed by atoms with Crippen molar-refractivity contribution in [3.8, 4) is 5.75 Å². The van der Waals surface area contributed by atoms with Crippen LogP contribution in [0.1, 0.15) is 28.4 Å². The SMILES string of the molecule is CCN1C(=O)Cc2cc(C(=O)NCc3ccccc3OC)ccc21. The van der Waals surface area contributed by atoms with Gasteiger partial charge in [0.1, 0.15) is 5.75 Å². The first kappa shape index (κ1) is 16.1. The lowest BCUT2D eigenvalue weighted by molar-refractivity contribution is -0.117. The fraction of sp³-hybridized carbons (Fsp3) is 0.263. The molecular weight excluding hydrogens is 304 g/mol. The van der Waals surface area contributed by atoms with Gasteiger partial charge in [0.2, 0.25) is 5.91 Å². The average molecular weight is 324 g/mol. The number of anilines is 1. The fourth-order valence-electron chi connectivity index (χ4n) is 3.00. The minimum Gasteiger partial charge on any atom is -0.496 e. The largest absolute Gasteiger partial charge is 0.496 e. The summed E-state index contributed by atoms with van der Waals surface area (Å²) in [4.78, 5) is 26.1. The van der Waals surface area contributed by atoms with Crippen LogP contribution in [0.2, 0.25) is 0 Å². The molecule has 0 unspecified atom stereocenters. The van der Waals surface area contributed by atoms with Gasteiger partial charge in [-0.2, -0.15) is 0 Å². The zero-order valence-electron chi connectivity index (χ0n) is 13.8. The monoisotopic (exact) mass is 324 g/mol. The van der Waals surface area contributed by atoms with E-state index in [9.17, 15) is 9.59 Å². The van der Waals surface area contributed by atoms with Gasteiger partial charge in [-0.3, -0.25) is 9.59 Å². The molecule has 1 heterocycles. The third-order valence-corrected chi connectivity index (χ3v) is 4.22. The Morgan fingerprint density at radius 1 is 1.25 bits per heavy atom. The van der Waals surface area contributed by atoms with Crippen LogP contribution in [0.15, 0.2) is 42.5 Å². The summed E-state index contributed by atoms with van der Waals surface area (Å²) in [5.74, 6) is 0.668. The second-order valence-corrected chi connectivity index (χ2v) is 5.65. The Kier molecular flexibility index (Phi) is 4.51. The first-order valence-corrected chi connectivity index (χ1v) is 7.97. The number of amides is 2. The number of para-hydroxylation sites is 1. The third-order valence-electron chi connectivity index (χ3n) is 4.22. The molecule has 0 aromatic heterocycles. The molecule has 0 saturated heterocycles. The van der Waals surface area contributed by atoms with E-state index in [1.165, 1.54) is 0 Å². The van der Waals surface area contributed by atoms with Crippen molar-refractivity contribution in [2.24, 2.45) is 0 Å². The van der Waals surface area contributed by atoms with Crippen molar-refractivity contribution in [3.05, 3.63) is 59.2 Å². The molecule has 1 aliphatic heterocycles. The summed E-state index contributed by atoms with van der Waals surface area (Å²) < 4.78 is 5.29. The Labute approximate surface area is 141 Å². The van der Waals surface area contributed by atoms with Gasteiger partial charge in [0.05, 0.1) is 13.5 Å². The minimum absolute atomic E-state index is 0.0825. The van der Waals surface area contributed by atoms with Crippen LogP contribution in [0.25, 0.3) is 0 Å². The van der Waals surface area contributed by atoms with E-state index in [0.717, 1.165) is 22.6 Å². The molecule has 0 saturated carbocycles. The molecule has 5 heteroatoms. The van der Waals surface area contributed by atoms with Crippen LogP contribution < -0.4 is 15.0 Å². The first-order chi connectivity index (χ1) is 11.6. The maximum atomic E-state index is 12.4. The predicted molar refractivity (Wildman–Crippen MR) is 92.3 cm³/mol. The molecule has 0 aliphatic carbocycles. The molecule has 24 heavy (non-hydrogen) atoms. The summed E-state index contributed by atoms with van der Waals surface area (Å²) in [5.41, 5.74) is 3.30. The standard InChI is InChI=1S/C19H20N2O3/c1-3-21-16-9-8-13(10-15(16)11-18(21)22)19(23)20-12-14-6-4-5-7-17(14)24-2/h4-10H,3,11-12H2,1-2H3,(H,20,23). The quantitative estimate of drug-likeness (QED) is 0.919. The average Bonchev–Trinajstić information content (AvgIpc) is 2.93. The number of benzene rings is 2. The van der Waals surface area contributed by atoms with Crippen LogP contribution in [-0.4, -0.2) is 25.5 Å². The third kappa shape index (κ3) is 2.97. The van der Waals surface area contributed by atoms with Crippen LogP contribution in [0.4, 0.5) is 5.69 Å². The van der Waals surface area contributed by atoms with Gasteiger partial charge in [0.25, 0.3) is 5.91 Å². The minimum atomic E-state index is -0.161. The number of fused-ring (bicyclic) bond motifs is 1. The number of nitrogens with one attached hydrogen (secondary N) is 1. The van der Waals surface area contributed by atoms with Crippen molar-refractivity contribution >= 4 is 17.5 Å². The van der Waals surface area contributed by atoms with Crippen molar-refractivity contribution in [1.29, 1.82) is 0 Å². The summed E-state index contributed by atoms with van der Waals surface area (Å²) in [6.07, 6.45) is 0.358. The van der Waals surface area contributed by atoms with Crippen LogP contribution in [0.3, 0.4) is 0 Å². The van der Waals surface area contributed by atoms with Gasteiger partial charge in [-0.25, -0.2) is 0 Å². The predicted octanol–water partition coefficient (Wildman–Crippen LogP) is 2.53. The van der Waals surface area contributed by atoms with Gasteiger partial charge >= 0.3 is 0 Å². The maximum absolute atomic E-state index is 12.4. The van der Waals surface area contributed by atoms with Gasteiger partial charge in [0, 0.05) is 29.9 Å². The highest BCUT2D eigenvalue weighted by atomic mass is 16.5. The molecule has 0 atom stereocenters. The normalized spacial score (nSPS) is 12.9. The highest BCUT2D eigenvalue weighted by Crippen LogP contribution is 2.29. The van der Waals surface area contributed by atoms with E-state index >= 15 is 0 Å². The summed E-state index contributed by atoms with van der Waals surface area (Å²) >= 11 is 0. The Hall–Kier alpha value is -2.82. The molecule has 5 nitrogen and oxygen atoms in total. The van der Waals surface area contributed by atoms with Gasteiger partial charge in [-0.1, -0.05) is 18.2 Å². The van der Waals surface area contributed by atoms with Crippen LogP contribution >= 0.6 is 0 Å². The smallest absolute Gasteiger partial charge is 0.251 e. The van der Waals surface area contributed by atoms with Crippen LogP contribution in [0.5, 0.6) is 5.75 Å². The van der Waals surface area contributed by atoms with E-state index in [1.54, 1.807) is 24.1 Å². The zero-order chi connectivity index (χ0) is 17.1. The van der Waals surface area contributed by atoms with Gasteiger partial charge in [-0.05, 0) is 36.8 Å². The molecule has 3 rings (SSSR count). The molecular formula is C19H20N2O3. The number of likely N-dealkylation sites (N-methyl/N-ethyl adjacent to an activating group) is 1. The van der Waals surface area contributed by atoms with E-state index < -0.39 is 0 Å². The van der Waals surface area contributed by atoms with E-state index in [2.05, 4.69) is 5.32 Å². The Bertz CT molecular complexity index is 786. The Morgan fingerprint density at radius 3 is 2.79 bits per heavy atom. The molecule has 1 N–H and O–H groups in total. The molecule has 124 valence electrons. The summed E-state index contributed by atoms with van der Waals surface area (Å²) in [6.45, 7) is 2.98. The zero-order valence-corrected chi connectivity index (χ0v) is 13.8. The van der Waals surface area contributed by atoms with Gasteiger partial charge in [-0.15, -0.1) is 0 Å². The first-order valence-electron chi connectivity index (χ1n) is 7.97. The number of methoxy groups -OCH3 is 1. The number of hydrogen-bond acceptors (Lipinski definition) is 3. The van der Waals surface area contributed by atoms with E-state index in [1.807, 2.05) is 37.3 Å². The molecule has 0 radical (unpaired) electrons. The van der Waals surface area contributed by atoms with Crippen LogP contribution in [0, 0.1) is 0 Å². The number of ether oxygens (including phenoxy) is 1. The number of carbonyl (C=O) groups is 2. The van der Waals surface area contributed by atoms with E-state index in [4.69, 9.17) is 4.74 Å². The van der Waals surface area contributed by atoms with E-state index in [-0.39, 0.29) is 11.8 Å². The lowest BCUT2D eigenvalue weighted by atomic mass is 10.1. The van der Waals surface area contributed by atoms with Crippen molar-refractivity contribution in [1.82, 2.24) is 5.32 Å². The molecule has 1 aliphatic rings. The van der Waals surface area contributed by atoms with Gasteiger partial charge in [0.15, 0.2) is 0 Å². The second-order valence-electron chi connectivity index (χ2n) is 5.65. The van der Waals surface area contributed by atoms with Crippen molar-refractivity contribution in [2.75, 3.05) is 18.6 Å². The topological polar surface area (TPSA) is 58.6 Å². The highest BCUT2D eigenvalue weighted by Gasteiger charge is 2.26. The number of hydrogen-bond donors (Lipinski definition) is 1. The molecule has 2 aromatic rings. The summed E-state index contributed by atoms with van der Waals surface area (Å²) in [7, 11) is 1.61. The molecule has 2 amide bonds. The highest BCUT2D eigenvalue weighted by molar-refractivity contribution is 6.03. The lowest BCUT2D eigenvalue weighted by Crippen LogP contribution is -2.26. The van der Waals surface area contributed by atoms with Gasteiger partial charge < -0.3 is 15.0 Å². The molecule has 0 fully saturated rings. The van der Waals surface area contributed by atoms with Crippen molar-refractivity contribution < 1.29 is 14.3 Å². The number of carbonyl (C=O) groups excluding carboxylic acids is 2. The van der Waals surface area contributed by atoms with Crippen LogP contribution in [-0.2, 0) is 17.8 Å². The lowest BCUT2D eigenvalue weighted by Gasteiger charge is -2.14. The Morgan fingerprint density at radius 2 is 2.04 bits per heavy atom. The van der Waals surface area contributed by atoms with E-state index in [0.29, 0.717) is 25.1 Å². The molecule has 2 aromatic carbocycles. The summed E-state index contributed by atoms with van der Waals surface area (Å²) in [6, 6.07) is 13.0.